The van der Waals surface area contributed by atoms with E-state index in [4.69, 9.17) is 21.4 Å². The van der Waals surface area contributed by atoms with Crippen molar-refractivity contribution < 1.29 is 14.6 Å². The van der Waals surface area contributed by atoms with Gasteiger partial charge in [0.05, 0.1) is 10.4 Å². The lowest BCUT2D eigenvalue weighted by Crippen LogP contribution is -2.14. The maximum atomic E-state index is 11.2. The van der Waals surface area contributed by atoms with Crippen LogP contribution in [-0.2, 0) is 4.74 Å². The summed E-state index contributed by atoms with van der Waals surface area (Å²) in [7, 11) is 0. The van der Waals surface area contributed by atoms with Crippen LogP contribution < -0.4 is 0 Å². The van der Waals surface area contributed by atoms with E-state index in [1.807, 2.05) is 0 Å². The molecule has 1 heterocycles. The molecule has 1 atom stereocenters. The molecule has 1 aromatic heterocycles. The Morgan fingerprint density at radius 3 is 2.92 bits per heavy atom. The van der Waals surface area contributed by atoms with E-state index in [1.165, 1.54) is 0 Å². The summed E-state index contributed by atoms with van der Waals surface area (Å²) < 4.78 is 5.23. The fraction of sp³-hybridized carbons (Fsp3) is 0.250. The van der Waals surface area contributed by atoms with Crippen LogP contribution in [-0.4, -0.2) is 23.8 Å². The number of rotatable bonds is 3. The third kappa shape index (κ3) is 3.34. The number of hydrogen-bond donors (Lipinski definition) is 1. The lowest BCUT2D eigenvalue weighted by Gasteiger charge is -2.04. The highest BCUT2D eigenvalue weighted by molar-refractivity contribution is 7.17. The predicted molar refractivity (Wildman–Crippen MR) is 51.0 cm³/mol. The Hall–Kier alpha value is -0.580. The van der Waals surface area contributed by atoms with Gasteiger partial charge < -0.3 is 9.84 Å². The highest BCUT2D eigenvalue weighted by atomic mass is 35.5. The van der Waals surface area contributed by atoms with Crippen molar-refractivity contribution in [1.29, 1.82) is 0 Å². The molecular formula is C8H8ClO3S. The molecule has 0 saturated heterocycles. The molecule has 0 amide bonds. The maximum absolute atomic E-state index is 11.2. The zero-order valence-corrected chi connectivity index (χ0v) is 8.27. The summed E-state index contributed by atoms with van der Waals surface area (Å²) in [6, 6.07) is 3.19. The molecular weight excluding hydrogens is 212 g/mol. The molecule has 0 aliphatic rings. The van der Waals surface area contributed by atoms with E-state index in [0.717, 1.165) is 11.3 Å². The second kappa shape index (κ2) is 4.60. The topological polar surface area (TPSA) is 46.5 Å². The molecule has 1 rings (SSSR count). The van der Waals surface area contributed by atoms with Crippen LogP contribution in [0, 0.1) is 6.92 Å². The maximum Gasteiger partial charge on any atom is 0.348 e. The predicted octanol–water partition coefficient (Wildman–Crippen LogP) is 1.75. The molecule has 0 fully saturated rings. The van der Waals surface area contributed by atoms with Gasteiger partial charge in [-0.05, 0) is 19.1 Å². The molecule has 0 saturated carbocycles. The molecule has 5 heteroatoms. The lowest BCUT2D eigenvalue weighted by molar-refractivity contribution is 0.0345. The van der Waals surface area contributed by atoms with Crippen LogP contribution in [0.5, 0.6) is 0 Å². The van der Waals surface area contributed by atoms with Gasteiger partial charge in [-0.2, -0.15) is 0 Å². The molecule has 1 radical (unpaired) electrons. The van der Waals surface area contributed by atoms with Gasteiger partial charge in [-0.15, -0.1) is 11.3 Å². The first-order valence-electron chi connectivity index (χ1n) is 3.53. The Morgan fingerprint density at radius 1 is 1.77 bits per heavy atom. The number of carbonyl (C=O) groups excluding carboxylic acids is 1. The van der Waals surface area contributed by atoms with Gasteiger partial charge in [0.15, 0.2) is 0 Å². The summed E-state index contributed by atoms with van der Waals surface area (Å²) in [5.41, 5.74) is 0. The van der Waals surface area contributed by atoms with Gasteiger partial charge in [0, 0.05) is 0 Å². The largest absolute Gasteiger partial charge is 0.459 e. The molecule has 3 nitrogen and oxygen atoms in total. The van der Waals surface area contributed by atoms with E-state index in [-0.39, 0.29) is 6.61 Å². The van der Waals surface area contributed by atoms with E-state index >= 15 is 0 Å². The van der Waals surface area contributed by atoms with Crippen LogP contribution in [0.25, 0.3) is 0 Å². The quantitative estimate of drug-likeness (QED) is 0.788. The summed E-state index contributed by atoms with van der Waals surface area (Å²) in [6.07, 6.45) is -0.889. The summed E-state index contributed by atoms with van der Waals surface area (Å²) in [4.78, 5) is 11.6. The molecule has 0 aliphatic heterocycles. The molecule has 0 spiro atoms. The van der Waals surface area contributed by atoms with E-state index in [0.29, 0.717) is 9.21 Å². The Morgan fingerprint density at radius 2 is 2.46 bits per heavy atom. The Balaban J connectivity index is 2.49. The van der Waals surface area contributed by atoms with Gasteiger partial charge in [0.1, 0.15) is 11.5 Å². The minimum absolute atomic E-state index is 0.103. The molecule has 13 heavy (non-hydrogen) atoms. The number of hydrogen-bond acceptors (Lipinski definition) is 4. The zero-order valence-electron chi connectivity index (χ0n) is 6.70. The van der Waals surface area contributed by atoms with Gasteiger partial charge in [-0.1, -0.05) is 11.6 Å². The van der Waals surface area contributed by atoms with Crippen molar-refractivity contribution in [3.63, 3.8) is 0 Å². The summed E-state index contributed by atoms with van der Waals surface area (Å²) in [5, 5.41) is 8.74. The molecule has 0 aliphatic carbocycles. The van der Waals surface area contributed by atoms with Crippen molar-refractivity contribution in [2.75, 3.05) is 6.61 Å². The van der Waals surface area contributed by atoms with Crippen molar-refractivity contribution in [2.45, 2.75) is 6.10 Å². The van der Waals surface area contributed by atoms with Crippen LogP contribution in [0.3, 0.4) is 0 Å². The van der Waals surface area contributed by atoms with Gasteiger partial charge in [-0.3, -0.25) is 0 Å². The van der Waals surface area contributed by atoms with Gasteiger partial charge >= 0.3 is 5.97 Å². The van der Waals surface area contributed by atoms with Crippen molar-refractivity contribution in [2.24, 2.45) is 0 Å². The highest BCUT2D eigenvalue weighted by Gasteiger charge is 2.10. The number of thiophene rings is 1. The summed E-state index contributed by atoms with van der Waals surface area (Å²) >= 11 is 6.75. The average molecular weight is 220 g/mol. The minimum Gasteiger partial charge on any atom is -0.459 e. The molecule has 1 N–H and O–H groups in total. The smallest absolute Gasteiger partial charge is 0.348 e. The standard InChI is InChI=1S/C8H8ClO3S/c1-5(10)4-12-8(11)6-2-3-7(9)13-6/h2-3,5,10H,1,4H2/t5-/m0/s1. The lowest BCUT2D eigenvalue weighted by atomic mass is 10.4. The fourth-order valence-electron chi connectivity index (χ4n) is 0.667. The van der Waals surface area contributed by atoms with Crippen LogP contribution in [0.2, 0.25) is 4.34 Å². The zero-order chi connectivity index (χ0) is 9.84. The first kappa shape index (κ1) is 10.5. The Bertz CT molecular complexity index is 295. The number of ether oxygens (including phenoxy) is 1. The van der Waals surface area contributed by atoms with E-state index in [2.05, 4.69) is 6.92 Å². The Labute approximate surface area is 84.9 Å². The van der Waals surface area contributed by atoms with Crippen LogP contribution in [0.4, 0.5) is 0 Å². The number of aliphatic hydroxyl groups is 1. The van der Waals surface area contributed by atoms with Crippen LogP contribution >= 0.6 is 22.9 Å². The first-order chi connectivity index (χ1) is 6.09. The monoisotopic (exact) mass is 219 g/mol. The number of aliphatic hydroxyl groups excluding tert-OH is 1. The van der Waals surface area contributed by atoms with Crippen molar-refractivity contribution in [3.8, 4) is 0 Å². The normalized spacial score (nSPS) is 12.5. The van der Waals surface area contributed by atoms with Crippen LogP contribution in [0.1, 0.15) is 9.67 Å². The van der Waals surface area contributed by atoms with Gasteiger partial charge in [0.2, 0.25) is 0 Å². The van der Waals surface area contributed by atoms with E-state index < -0.39 is 12.1 Å². The van der Waals surface area contributed by atoms with Crippen molar-refractivity contribution in [3.05, 3.63) is 28.3 Å². The second-order valence-electron chi connectivity index (χ2n) is 2.36. The van der Waals surface area contributed by atoms with Gasteiger partial charge in [-0.25, -0.2) is 4.79 Å². The third-order valence-electron chi connectivity index (χ3n) is 1.18. The van der Waals surface area contributed by atoms with E-state index in [9.17, 15) is 4.79 Å². The van der Waals surface area contributed by atoms with Crippen LogP contribution in [0.15, 0.2) is 12.1 Å². The van der Waals surface area contributed by atoms with E-state index in [1.54, 1.807) is 12.1 Å². The average Bonchev–Trinajstić information content (AvgIpc) is 2.47. The number of carbonyl (C=O) groups is 1. The molecule has 0 unspecified atom stereocenters. The van der Waals surface area contributed by atoms with Gasteiger partial charge in [0.25, 0.3) is 0 Å². The molecule has 0 aromatic carbocycles. The second-order valence-corrected chi connectivity index (χ2v) is 4.07. The summed E-state index contributed by atoms with van der Waals surface area (Å²) in [6.45, 7) is 3.16. The minimum atomic E-state index is -0.889. The first-order valence-corrected chi connectivity index (χ1v) is 4.72. The third-order valence-corrected chi connectivity index (χ3v) is 2.39. The molecule has 0 bridgehead atoms. The van der Waals surface area contributed by atoms with Crippen molar-refractivity contribution in [1.82, 2.24) is 0 Å². The molecule has 71 valence electrons. The highest BCUT2D eigenvalue weighted by Crippen LogP contribution is 2.21. The summed E-state index contributed by atoms with van der Waals surface area (Å²) in [5.74, 6) is -0.486. The number of esters is 1. The fourth-order valence-corrected chi connectivity index (χ4v) is 1.60. The molecule has 1 aromatic rings. The Kier molecular flexibility index (Phi) is 3.71. The SMILES string of the molecule is [CH2][C@H](O)COC(=O)c1ccc(Cl)s1. The van der Waals surface area contributed by atoms with Crippen molar-refractivity contribution >= 4 is 28.9 Å². The number of halogens is 1.